The molecule has 2 rings (SSSR count). The highest BCUT2D eigenvalue weighted by Crippen LogP contribution is 2.36. The summed E-state index contributed by atoms with van der Waals surface area (Å²) < 4.78 is 4.89. The van der Waals surface area contributed by atoms with Crippen molar-refractivity contribution < 1.29 is 14.4 Å². The minimum atomic E-state index is -1.05. The maximum atomic E-state index is 10.6. The standard InChI is InChI=1S/C11H16N2O3/c1-7(8-2-3-8)5-12-6-9-4-10(11(14)15)13-16-9/h4,7-8,12H,2-3,5-6H2,1H3,(H,14,15). The second kappa shape index (κ2) is 4.65. The molecule has 5 heteroatoms. The minimum Gasteiger partial charge on any atom is -0.476 e. The van der Waals surface area contributed by atoms with Crippen molar-refractivity contribution in [2.24, 2.45) is 11.8 Å². The van der Waals surface area contributed by atoms with Gasteiger partial charge < -0.3 is 14.9 Å². The lowest BCUT2D eigenvalue weighted by Crippen LogP contribution is -2.21. The lowest BCUT2D eigenvalue weighted by atomic mass is 10.1. The van der Waals surface area contributed by atoms with Gasteiger partial charge in [-0.15, -0.1) is 0 Å². The van der Waals surface area contributed by atoms with Gasteiger partial charge in [-0.3, -0.25) is 0 Å². The van der Waals surface area contributed by atoms with Crippen LogP contribution in [0.25, 0.3) is 0 Å². The molecular formula is C11H16N2O3. The molecule has 1 heterocycles. The zero-order valence-electron chi connectivity index (χ0n) is 9.27. The monoisotopic (exact) mass is 224 g/mol. The van der Waals surface area contributed by atoms with Crippen LogP contribution in [0, 0.1) is 11.8 Å². The second-order valence-corrected chi connectivity index (χ2v) is 4.43. The molecular weight excluding hydrogens is 208 g/mol. The molecule has 0 spiro atoms. The Bertz CT molecular complexity index is 371. The van der Waals surface area contributed by atoms with E-state index in [9.17, 15) is 4.79 Å². The van der Waals surface area contributed by atoms with E-state index < -0.39 is 5.97 Å². The van der Waals surface area contributed by atoms with Gasteiger partial charge in [0, 0.05) is 6.07 Å². The molecule has 16 heavy (non-hydrogen) atoms. The number of nitrogens with zero attached hydrogens (tertiary/aromatic N) is 1. The molecule has 0 aromatic carbocycles. The molecule has 0 bridgehead atoms. The van der Waals surface area contributed by atoms with Crippen LogP contribution in [0.15, 0.2) is 10.6 Å². The van der Waals surface area contributed by atoms with Gasteiger partial charge in [0.25, 0.3) is 0 Å². The Morgan fingerprint density at radius 1 is 1.75 bits per heavy atom. The minimum absolute atomic E-state index is 0.0351. The molecule has 1 atom stereocenters. The SMILES string of the molecule is CC(CNCc1cc(C(=O)O)no1)C1CC1. The van der Waals surface area contributed by atoms with Crippen LogP contribution in [0.3, 0.4) is 0 Å². The normalized spacial score (nSPS) is 17.3. The molecule has 1 fully saturated rings. The highest BCUT2D eigenvalue weighted by Gasteiger charge is 2.27. The van der Waals surface area contributed by atoms with Crippen LogP contribution in [-0.4, -0.2) is 22.8 Å². The maximum absolute atomic E-state index is 10.6. The Labute approximate surface area is 93.8 Å². The summed E-state index contributed by atoms with van der Waals surface area (Å²) in [5.74, 6) is 1.07. The van der Waals surface area contributed by atoms with Gasteiger partial charge in [-0.25, -0.2) is 4.79 Å². The molecule has 88 valence electrons. The molecule has 1 aliphatic rings. The van der Waals surface area contributed by atoms with E-state index in [1.807, 2.05) is 0 Å². The molecule has 1 aromatic rings. The average molecular weight is 224 g/mol. The van der Waals surface area contributed by atoms with Crippen LogP contribution in [0.1, 0.15) is 36.0 Å². The molecule has 1 aliphatic carbocycles. The Hall–Kier alpha value is -1.36. The Morgan fingerprint density at radius 3 is 3.06 bits per heavy atom. The van der Waals surface area contributed by atoms with Crippen LogP contribution in [-0.2, 0) is 6.54 Å². The first-order chi connectivity index (χ1) is 7.66. The van der Waals surface area contributed by atoms with E-state index in [0.717, 1.165) is 12.5 Å². The second-order valence-electron chi connectivity index (χ2n) is 4.43. The van der Waals surface area contributed by atoms with Crippen LogP contribution >= 0.6 is 0 Å². The van der Waals surface area contributed by atoms with Crippen molar-refractivity contribution in [1.82, 2.24) is 10.5 Å². The van der Waals surface area contributed by atoms with Gasteiger partial charge in [-0.2, -0.15) is 0 Å². The van der Waals surface area contributed by atoms with Crippen molar-refractivity contribution in [1.29, 1.82) is 0 Å². The van der Waals surface area contributed by atoms with Crippen LogP contribution in [0.2, 0.25) is 0 Å². The van der Waals surface area contributed by atoms with Crippen molar-refractivity contribution >= 4 is 5.97 Å². The molecule has 0 aliphatic heterocycles. The molecule has 5 nitrogen and oxygen atoms in total. The Balaban J connectivity index is 1.73. The van der Waals surface area contributed by atoms with Crippen molar-refractivity contribution in [2.75, 3.05) is 6.54 Å². The number of nitrogens with one attached hydrogen (secondary N) is 1. The summed E-state index contributed by atoms with van der Waals surface area (Å²) in [5, 5.41) is 15.3. The highest BCUT2D eigenvalue weighted by atomic mass is 16.5. The first kappa shape index (κ1) is 11.1. The van der Waals surface area contributed by atoms with Crippen LogP contribution < -0.4 is 5.32 Å². The van der Waals surface area contributed by atoms with Gasteiger partial charge in [0.1, 0.15) is 0 Å². The number of aromatic carboxylic acids is 1. The predicted molar refractivity (Wildman–Crippen MR) is 57.1 cm³/mol. The third kappa shape index (κ3) is 2.82. The fraction of sp³-hybridized carbons (Fsp3) is 0.636. The highest BCUT2D eigenvalue weighted by molar-refractivity contribution is 5.85. The first-order valence-corrected chi connectivity index (χ1v) is 5.56. The molecule has 1 saturated carbocycles. The number of carboxylic acids is 1. The predicted octanol–water partition coefficient (Wildman–Crippen LogP) is 1.51. The lowest BCUT2D eigenvalue weighted by Gasteiger charge is -2.09. The summed E-state index contributed by atoms with van der Waals surface area (Å²) in [6.45, 7) is 3.71. The molecule has 0 amide bonds. The third-order valence-electron chi connectivity index (χ3n) is 2.97. The van der Waals surface area contributed by atoms with Crippen molar-refractivity contribution in [2.45, 2.75) is 26.3 Å². The third-order valence-corrected chi connectivity index (χ3v) is 2.97. The van der Waals surface area contributed by atoms with Gasteiger partial charge in [-0.1, -0.05) is 12.1 Å². The fourth-order valence-corrected chi connectivity index (χ4v) is 1.75. The van der Waals surface area contributed by atoms with Gasteiger partial charge >= 0.3 is 5.97 Å². The number of rotatable bonds is 6. The molecule has 1 aromatic heterocycles. The van der Waals surface area contributed by atoms with Gasteiger partial charge in [-0.05, 0) is 31.2 Å². The molecule has 0 saturated heterocycles. The van der Waals surface area contributed by atoms with E-state index in [4.69, 9.17) is 9.63 Å². The summed E-state index contributed by atoms with van der Waals surface area (Å²) in [5.41, 5.74) is -0.0351. The van der Waals surface area contributed by atoms with Crippen molar-refractivity contribution in [3.8, 4) is 0 Å². The van der Waals surface area contributed by atoms with E-state index in [-0.39, 0.29) is 5.69 Å². The van der Waals surface area contributed by atoms with Gasteiger partial charge in [0.15, 0.2) is 11.5 Å². The van der Waals surface area contributed by atoms with Crippen molar-refractivity contribution in [3.05, 3.63) is 17.5 Å². The maximum Gasteiger partial charge on any atom is 0.358 e. The Morgan fingerprint density at radius 2 is 2.50 bits per heavy atom. The van der Waals surface area contributed by atoms with E-state index in [1.165, 1.54) is 18.9 Å². The molecule has 0 radical (unpaired) electrons. The largest absolute Gasteiger partial charge is 0.476 e. The van der Waals surface area contributed by atoms with E-state index in [1.54, 1.807) is 0 Å². The number of hydrogen-bond donors (Lipinski definition) is 2. The smallest absolute Gasteiger partial charge is 0.358 e. The number of hydrogen-bond acceptors (Lipinski definition) is 4. The van der Waals surface area contributed by atoms with E-state index in [2.05, 4.69) is 17.4 Å². The average Bonchev–Trinajstić information content (AvgIpc) is 2.98. The van der Waals surface area contributed by atoms with Crippen LogP contribution in [0.5, 0.6) is 0 Å². The summed E-state index contributed by atoms with van der Waals surface area (Å²) in [7, 11) is 0. The van der Waals surface area contributed by atoms with E-state index in [0.29, 0.717) is 18.2 Å². The Kier molecular flexibility index (Phi) is 3.24. The number of aromatic nitrogens is 1. The van der Waals surface area contributed by atoms with Crippen LogP contribution in [0.4, 0.5) is 0 Å². The molecule has 2 N–H and O–H groups in total. The lowest BCUT2D eigenvalue weighted by molar-refractivity contribution is 0.0685. The summed E-state index contributed by atoms with van der Waals surface area (Å²) in [4.78, 5) is 10.6. The van der Waals surface area contributed by atoms with Crippen molar-refractivity contribution in [3.63, 3.8) is 0 Å². The summed E-state index contributed by atoms with van der Waals surface area (Å²) in [6.07, 6.45) is 2.68. The number of carboxylic acid groups (broad SMARTS) is 1. The van der Waals surface area contributed by atoms with E-state index >= 15 is 0 Å². The topological polar surface area (TPSA) is 75.4 Å². The summed E-state index contributed by atoms with van der Waals surface area (Å²) >= 11 is 0. The molecule has 1 unspecified atom stereocenters. The zero-order chi connectivity index (χ0) is 11.5. The number of carbonyl (C=O) groups is 1. The van der Waals surface area contributed by atoms with Gasteiger partial charge in [0.05, 0.1) is 6.54 Å². The zero-order valence-corrected chi connectivity index (χ0v) is 9.27. The fourth-order valence-electron chi connectivity index (χ4n) is 1.75. The summed E-state index contributed by atoms with van der Waals surface area (Å²) in [6, 6.07) is 1.46. The quantitative estimate of drug-likeness (QED) is 0.766. The first-order valence-electron chi connectivity index (χ1n) is 5.56. The van der Waals surface area contributed by atoms with Gasteiger partial charge in [0.2, 0.25) is 0 Å².